The third-order valence-electron chi connectivity index (χ3n) is 5.26. The number of nitrogens with two attached hydrogens (primary N) is 3. The second-order valence-corrected chi connectivity index (χ2v) is 11.6. The zero-order chi connectivity index (χ0) is 50.6. The molecule has 1 saturated heterocycles. The first-order chi connectivity index (χ1) is 27.6. The maximum atomic E-state index is 10.7. The van der Waals surface area contributed by atoms with E-state index < -0.39 is 0 Å². The second-order valence-electron chi connectivity index (χ2n) is 11.6. The first-order valence-electron chi connectivity index (χ1n) is 18.9. The summed E-state index contributed by atoms with van der Waals surface area (Å²) in [6.07, 6.45) is 7.27. The average molecular weight is 911 g/mol. The molecule has 0 bridgehead atoms. The molecule has 1 aromatic carbocycles. The third kappa shape index (κ3) is 250. The minimum Gasteiger partial charge on any atom is -0.394 e. The summed E-state index contributed by atoms with van der Waals surface area (Å²) >= 11 is 0. The monoisotopic (exact) mass is 911 g/mol. The van der Waals surface area contributed by atoms with Crippen molar-refractivity contribution >= 4 is 53.4 Å². The molecule has 0 saturated carbocycles. The Bertz CT molecular complexity index is 692. The van der Waals surface area contributed by atoms with Gasteiger partial charge in [-0.15, -0.1) is 0 Å². The number of carbonyl (C=O) groups excluding carboxylic acids is 8. The van der Waals surface area contributed by atoms with E-state index in [9.17, 15) is 4.79 Å². The average Bonchev–Trinajstić information content (AvgIpc) is 3.28. The lowest BCUT2D eigenvalue weighted by Crippen LogP contribution is -2.33. The highest BCUT2D eigenvalue weighted by molar-refractivity contribution is 5.73. The quantitative estimate of drug-likeness (QED) is 0.144. The number of benzene rings is 1. The van der Waals surface area contributed by atoms with E-state index in [1.165, 1.54) is 58.8 Å². The van der Waals surface area contributed by atoms with Crippen LogP contribution in [0.5, 0.6) is 0 Å². The molecule has 0 spiro atoms. The van der Waals surface area contributed by atoms with Gasteiger partial charge in [-0.25, -0.2) is 0 Å². The van der Waals surface area contributed by atoms with Gasteiger partial charge in [-0.2, -0.15) is 0 Å². The van der Waals surface area contributed by atoms with Crippen LogP contribution in [0.25, 0.3) is 0 Å². The van der Waals surface area contributed by atoms with E-state index in [0.717, 1.165) is 38.0 Å². The number of aliphatic hydroxyl groups excluding tert-OH is 1. The topological polar surface area (TPSA) is 387 Å². The van der Waals surface area contributed by atoms with Crippen LogP contribution in [0.1, 0.15) is 135 Å². The van der Waals surface area contributed by atoms with Crippen LogP contribution in [0.3, 0.4) is 0 Å². The van der Waals surface area contributed by atoms with Crippen LogP contribution in [0.2, 0.25) is 0 Å². The van der Waals surface area contributed by atoms with E-state index in [0.29, 0.717) is 0 Å². The Morgan fingerprint density at radius 1 is 0.597 bits per heavy atom. The fraction of sp³-hybridized carbons (Fsp3) is 0.682. The van der Waals surface area contributed by atoms with Gasteiger partial charge >= 0.3 is 0 Å². The molecule has 0 aromatic heterocycles. The van der Waals surface area contributed by atoms with Gasteiger partial charge in [0.2, 0.25) is 5.91 Å². The minimum atomic E-state index is -0.167. The van der Waals surface area contributed by atoms with Gasteiger partial charge in [0.25, 0.3) is 0 Å². The molecular formula is C44H110N8O10. The summed E-state index contributed by atoms with van der Waals surface area (Å²) in [5, 5.41) is 8.06. The number of likely N-dealkylation sites (tertiary alicyclic amines) is 1. The van der Waals surface area contributed by atoms with Gasteiger partial charge < -0.3 is 90.1 Å². The summed E-state index contributed by atoms with van der Waals surface area (Å²) in [5.41, 5.74) is 15.0. The largest absolute Gasteiger partial charge is 0.394 e. The number of carbonyl (C=O) groups is 8. The van der Waals surface area contributed by atoms with Crippen molar-refractivity contribution in [3.05, 3.63) is 35.9 Å². The van der Waals surface area contributed by atoms with Crippen LogP contribution < -0.4 is 41.8 Å². The standard InChI is InChI=1S/C8H10.C7H13NO.C6H14O.2C5H12.C3H8O.3CH5N.7CH2O.4H3N/c1-2-8-6-4-3-5-7-8;1-7(9)8-5-3-2-4-6-8;1-5-7-6(2,3)4;2*1-4-5(2)3;1-3(2)4;10*1-2;;;;/h3-7H,2H2,1H3;2-6H2,1H3;5H2,1-4H3;2*5H,4H2,1-3H3;3-4H,1-2H3;3*2H2,1H3;7*1H2;4*1H3. The van der Waals surface area contributed by atoms with E-state index >= 15 is 0 Å². The number of aryl methyl sites for hydroxylation is 1. The van der Waals surface area contributed by atoms with Crippen molar-refractivity contribution in [3.63, 3.8) is 0 Å². The Kier molecular flexibility index (Phi) is 277. The molecule has 0 unspecified atom stereocenters. The van der Waals surface area contributed by atoms with Crippen molar-refractivity contribution in [1.29, 1.82) is 0 Å². The van der Waals surface area contributed by atoms with E-state index in [2.05, 4.69) is 111 Å². The SMILES string of the molecule is C=O.C=O.C=O.C=O.C=O.C=O.C=O.CC(=O)N1CCCCC1.CC(C)O.CCC(C)C.CCC(C)C.CCOC(C)(C)C.CCc1ccccc1.CN.CN.CN.N.N.N.N. The Labute approximate surface area is 383 Å². The van der Waals surface area contributed by atoms with Crippen molar-refractivity contribution in [2.24, 2.45) is 29.0 Å². The number of nitrogens with zero attached hydrogens (tertiary/aromatic N) is 1. The number of aliphatic hydroxyl groups is 1. The molecule has 0 radical (unpaired) electrons. The van der Waals surface area contributed by atoms with Gasteiger partial charge in [-0.05, 0) is 106 Å². The van der Waals surface area contributed by atoms with Crippen LogP contribution in [0.4, 0.5) is 0 Å². The van der Waals surface area contributed by atoms with Crippen molar-refractivity contribution < 1.29 is 48.2 Å². The van der Waals surface area contributed by atoms with E-state index in [1.54, 1.807) is 20.8 Å². The number of hydrogen-bond acceptors (Lipinski definition) is 17. The molecule has 1 aromatic rings. The minimum absolute atomic E-state index is 0. The highest BCUT2D eigenvalue weighted by Crippen LogP contribution is 2.07. The molecule has 1 fully saturated rings. The smallest absolute Gasteiger partial charge is 0.219 e. The first-order valence-corrected chi connectivity index (χ1v) is 18.9. The summed E-state index contributed by atoms with van der Waals surface area (Å²) in [7, 11) is 4.50. The van der Waals surface area contributed by atoms with Gasteiger partial charge in [0.05, 0.1) is 5.60 Å². The lowest BCUT2D eigenvalue weighted by molar-refractivity contribution is -0.129. The van der Waals surface area contributed by atoms with Crippen LogP contribution in [-0.2, 0) is 49.5 Å². The van der Waals surface area contributed by atoms with Gasteiger partial charge in [-0.3, -0.25) is 4.79 Å². The molecule has 18 nitrogen and oxygen atoms in total. The fourth-order valence-corrected chi connectivity index (χ4v) is 2.36. The Balaban J connectivity index is -0.0000000216. The van der Waals surface area contributed by atoms with Gasteiger partial charge in [0.1, 0.15) is 47.5 Å². The predicted molar refractivity (Wildman–Crippen MR) is 271 cm³/mol. The molecule has 1 heterocycles. The Morgan fingerprint density at radius 2 is 0.823 bits per heavy atom. The molecule has 0 aliphatic carbocycles. The van der Waals surface area contributed by atoms with E-state index in [4.69, 9.17) is 43.4 Å². The summed E-state index contributed by atoms with van der Waals surface area (Å²) in [5.74, 6) is 2.00. The van der Waals surface area contributed by atoms with Crippen molar-refractivity contribution in [2.75, 3.05) is 40.8 Å². The zero-order valence-corrected chi connectivity index (χ0v) is 43.6. The molecule has 2 rings (SSSR count). The molecule has 18 heteroatoms. The van der Waals surface area contributed by atoms with Crippen molar-refractivity contribution in [3.8, 4) is 0 Å². The molecule has 386 valence electrons. The van der Waals surface area contributed by atoms with Crippen LogP contribution in [-0.4, -0.2) is 116 Å². The first kappa shape index (κ1) is 118. The number of piperidine rings is 1. The molecule has 0 atom stereocenters. The fourth-order valence-electron chi connectivity index (χ4n) is 2.36. The molecule has 1 aliphatic rings. The number of hydrogen-bond donors (Lipinski definition) is 8. The third-order valence-corrected chi connectivity index (χ3v) is 5.26. The van der Waals surface area contributed by atoms with Crippen LogP contribution in [0, 0.1) is 11.8 Å². The molecule has 19 N–H and O–H groups in total. The molecular weight excluding hydrogens is 801 g/mol. The van der Waals surface area contributed by atoms with Crippen molar-refractivity contribution in [2.45, 2.75) is 147 Å². The highest BCUT2D eigenvalue weighted by atomic mass is 16.5. The lowest BCUT2D eigenvalue weighted by Gasteiger charge is -2.24. The zero-order valence-electron chi connectivity index (χ0n) is 43.6. The van der Waals surface area contributed by atoms with Crippen LogP contribution >= 0.6 is 0 Å². The molecule has 62 heavy (non-hydrogen) atoms. The Morgan fingerprint density at radius 3 is 0.919 bits per heavy atom. The second kappa shape index (κ2) is 146. The number of amides is 1. The maximum absolute atomic E-state index is 10.7. The summed E-state index contributed by atoms with van der Waals surface area (Å²) in [4.78, 5) is 68.6. The van der Waals surface area contributed by atoms with Crippen LogP contribution in [0.15, 0.2) is 30.3 Å². The van der Waals surface area contributed by atoms with E-state index in [-0.39, 0.29) is 42.2 Å². The number of ether oxygens (including phenoxy) is 1. The summed E-state index contributed by atoms with van der Waals surface area (Å²) in [6.45, 7) is 45.5. The van der Waals surface area contributed by atoms with E-state index in [1.807, 2.05) is 65.4 Å². The van der Waals surface area contributed by atoms with Gasteiger partial charge in [-0.1, -0.05) is 91.6 Å². The predicted octanol–water partition coefficient (Wildman–Crippen LogP) is 7.66. The maximum Gasteiger partial charge on any atom is 0.219 e. The Hall–Kier alpha value is -3.98. The molecule has 1 amide bonds. The lowest BCUT2D eigenvalue weighted by atomic mass is 10.1. The van der Waals surface area contributed by atoms with Gasteiger partial charge in [0.15, 0.2) is 0 Å². The molecule has 1 aliphatic heterocycles. The summed E-state index contributed by atoms with van der Waals surface area (Å²) < 4.78 is 5.23. The normalized spacial score (nSPS) is 8.29. The van der Waals surface area contributed by atoms with Crippen molar-refractivity contribution in [1.82, 2.24) is 29.5 Å². The number of rotatable bonds is 4. The highest BCUT2D eigenvalue weighted by Gasteiger charge is 2.11. The summed E-state index contributed by atoms with van der Waals surface area (Å²) in [6, 6.07) is 10.5. The van der Waals surface area contributed by atoms with Gasteiger partial charge in [0, 0.05) is 32.7 Å².